The first-order chi connectivity index (χ1) is 28.1. The van der Waals surface area contributed by atoms with Crippen molar-refractivity contribution in [2.24, 2.45) is 0 Å². The van der Waals surface area contributed by atoms with E-state index < -0.39 is 60.7 Å². The summed E-state index contributed by atoms with van der Waals surface area (Å²) in [6, 6.07) is 18.5. The fraction of sp³-hybridized carbons (Fsp3) is 0.310. The van der Waals surface area contributed by atoms with Crippen LogP contribution in [0.1, 0.15) is 89.2 Å². The van der Waals surface area contributed by atoms with Gasteiger partial charge in [0.15, 0.2) is 11.9 Å². The van der Waals surface area contributed by atoms with Gasteiger partial charge in [-0.2, -0.15) is 8.42 Å². The molecular weight excluding hydrogens is 857 g/mol. The Bertz CT molecular complexity index is 2620. The second-order valence-corrected chi connectivity index (χ2v) is 18.0. The Balaban J connectivity index is 1.45. The molecule has 3 N–H and O–H groups in total. The quantitative estimate of drug-likeness (QED) is 0.0491. The lowest BCUT2D eigenvalue weighted by Gasteiger charge is -2.31. The molecular formula is C42H44Cl3N5O9S. The van der Waals surface area contributed by atoms with E-state index in [0.29, 0.717) is 12.2 Å². The highest BCUT2D eigenvalue weighted by Crippen LogP contribution is 2.39. The lowest BCUT2D eigenvalue weighted by Crippen LogP contribution is -2.33. The van der Waals surface area contributed by atoms with Crippen LogP contribution in [0.3, 0.4) is 0 Å². The number of carbonyl (C=O) groups excluding carboxylic acids is 2. The minimum Gasteiger partial charge on any atom is -0.480 e. The zero-order chi connectivity index (χ0) is 44.3. The summed E-state index contributed by atoms with van der Waals surface area (Å²) < 4.78 is 39.2. The van der Waals surface area contributed by atoms with Gasteiger partial charge in [0.1, 0.15) is 16.3 Å². The van der Waals surface area contributed by atoms with Gasteiger partial charge in [0, 0.05) is 34.0 Å². The monoisotopic (exact) mass is 899 g/mol. The van der Waals surface area contributed by atoms with Crippen LogP contribution in [0.5, 0.6) is 11.5 Å². The first kappa shape index (κ1) is 45.7. The largest absolute Gasteiger partial charge is 0.480 e. The molecule has 1 aromatic heterocycles. The van der Waals surface area contributed by atoms with Gasteiger partial charge in [-0.3, -0.25) is 29.6 Å². The number of rotatable bonds is 16. The standard InChI is InChI=1S/C42H44Cl3N5O9S/c1-8-33(58-34-18-17-25(41(4,5)9-2)20-30(34)42(6,7)10-3)39(52)46-27-14-11-13-24(19-27)38(51)47-37-36(59-60(56,57)29-16-12-15-28(23-29)50(54)55)40(53)49(48-37)35-31(44)21-26(43)22-32(35)45/h11-23,33,48H,8-10H2,1-7H3,(H,46,52)(H,47,51). The van der Waals surface area contributed by atoms with Gasteiger partial charge >= 0.3 is 15.7 Å². The van der Waals surface area contributed by atoms with E-state index in [2.05, 4.69) is 63.3 Å². The lowest BCUT2D eigenvalue weighted by molar-refractivity contribution is -0.385. The maximum Gasteiger partial charge on any atom is 0.339 e. The normalized spacial score (nSPS) is 12.4. The van der Waals surface area contributed by atoms with E-state index in [1.807, 2.05) is 19.1 Å². The van der Waals surface area contributed by atoms with Crippen LogP contribution in [-0.2, 0) is 25.7 Å². The highest BCUT2D eigenvalue weighted by Gasteiger charge is 2.31. The van der Waals surface area contributed by atoms with Crippen molar-refractivity contribution in [1.82, 2.24) is 9.78 Å². The van der Waals surface area contributed by atoms with Gasteiger partial charge in [0.25, 0.3) is 23.3 Å². The predicted octanol–water partition coefficient (Wildman–Crippen LogP) is 10.2. The molecule has 1 atom stereocenters. The third-order valence-corrected chi connectivity index (χ3v) is 12.4. The predicted molar refractivity (Wildman–Crippen MR) is 233 cm³/mol. The highest BCUT2D eigenvalue weighted by molar-refractivity contribution is 7.87. The fourth-order valence-electron chi connectivity index (χ4n) is 6.00. The Morgan fingerprint density at radius 1 is 0.883 bits per heavy atom. The summed E-state index contributed by atoms with van der Waals surface area (Å²) in [7, 11) is -4.92. The van der Waals surface area contributed by atoms with Gasteiger partial charge in [-0.25, -0.2) is 4.68 Å². The van der Waals surface area contributed by atoms with Crippen molar-refractivity contribution < 1.29 is 31.9 Å². The van der Waals surface area contributed by atoms with E-state index >= 15 is 0 Å². The van der Waals surface area contributed by atoms with Gasteiger partial charge in [0.05, 0.1) is 15.0 Å². The summed E-state index contributed by atoms with van der Waals surface area (Å²) in [6.07, 6.45) is 1.20. The third-order valence-electron chi connectivity index (χ3n) is 10.4. The number of aromatic nitrogens is 2. The number of non-ortho nitro benzene ring substituents is 1. The summed E-state index contributed by atoms with van der Waals surface area (Å²) >= 11 is 18.8. The van der Waals surface area contributed by atoms with Crippen molar-refractivity contribution in [1.29, 1.82) is 0 Å². The summed E-state index contributed by atoms with van der Waals surface area (Å²) in [6.45, 7) is 14.7. The Kier molecular flexibility index (Phi) is 13.8. The molecule has 0 saturated heterocycles. The first-order valence-electron chi connectivity index (χ1n) is 18.8. The number of nitrogens with zero attached hydrogens (tertiary/aromatic N) is 2. The number of nitrogens with one attached hydrogen (secondary N) is 3. The molecule has 0 spiro atoms. The molecule has 0 bridgehead atoms. The van der Waals surface area contributed by atoms with Crippen molar-refractivity contribution in [3.63, 3.8) is 0 Å². The first-order valence-corrected chi connectivity index (χ1v) is 21.4. The Morgan fingerprint density at radius 2 is 1.53 bits per heavy atom. The van der Waals surface area contributed by atoms with Crippen LogP contribution in [0.4, 0.5) is 17.2 Å². The van der Waals surface area contributed by atoms with Crippen LogP contribution < -0.4 is 25.1 Å². The average Bonchev–Trinajstić information content (AvgIpc) is 3.48. The van der Waals surface area contributed by atoms with E-state index in [9.17, 15) is 32.9 Å². The number of ether oxygens (including phenoxy) is 1. The molecule has 0 aliphatic rings. The minimum absolute atomic E-state index is 0.0217. The van der Waals surface area contributed by atoms with Crippen LogP contribution in [-0.4, -0.2) is 41.0 Å². The smallest absolute Gasteiger partial charge is 0.339 e. The highest BCUT2D eigenvalue weighted by atomic mass is 35.5. The Hall–Kier alpha value is -5.35. The fourth-order valence-corrected chi connectivity index (χ4v) is 7.97. The van der Waals surface area contributed by atoms with Crippen molar-refractivity contribution in [2.45, 2.75) is 89.6 Å². The number of amides is 2. The van der Waals surface area contributed by atoms with Gasteiger partial charge in [-0.15, -0.1) is 0 Å². The number of halogens is 3. The molecule has 60 heavy (non-hydrogen) atoms. The number of anilines is 2. The molecule has 318 valence electrons. The maximum absolute atomic E-state index is 13.8. The van der Waals surface area contributed by atoms with Crippen LogP contribution >= 0.6 is 34.8 Å². The number of aromatic amines is 1. The van der Waals surface area contributed by atoms with Crippen molar-refractivity contribution in [3.8, 4) is 17.2 Å². The summed E-state index contributed by atoms with van der Waals surface area (Å²) in [5, 5.41) is 19.1. The minimum atomic E-state index is -4.92. The number of benzene rings is 4. The van der Waals surface area contributed by atoms with E-state index in [1.54, 1.807) is 6.07 Å². The molecule has 1 unspecified atom stereocenters. The van der Waals surface area contributed by atoms with Crippen molar-refractivity contribution in [2.75, 3.05) is 10.6 Å². The van der Waals surface area contributed by atoms with Crippen LogP contribution in [0.2, 0.25) is 15.1 Å². The number of H-pyrrole nitrogens is 1. The zero-order valence-electron chi connectivity index (χ0n) is 33.8. The van der Waals surface area contributed by atoms with Crippen LogP contribution in [0.25, 0.3) is 5.69 Å². The van der Waals surface area contributed by atoms with E-state index in [1.165, 1.54) is 35.9 Å². The average molecular weight is 901 g/mol. The van der Waals surface area contributed by atoms with Crippen LogP contribution in [0, 0.1) is 10.1 Å². The van der Waals surface area contributed by atoms with Gasteiger partial charge < -0.3 is 19.6 Å². The molecule has 0 radical (unpaired) electrons. The number of carbonyl (C=O) groups is 2. The molecule has 0 saturated carbocycles. The summed E-state index contributed by atoms with van der Waals surface area (Å²) in [4.78, 5) is 51.2. The number of hydrogen-bond donors (Lipinski definition) is 3. The maximum atomic E-state index is 13.8. The molecule has 18 heteroatoms. The lowest BCUT2D eigenvalue weighted by atomic mass is 9.76. The van der Waals surface area contributed by atoms with Gasteiger partial charge in [0.2, 0.25) is 0 Å². The molecule has 2 amide bonds. The number of nitro groups is 1. The summed E-state index contributed by atoms with van der Waals surface area (Å²) in [5.74, 6) is -2.21. The van der Waals surface area contributed by atoms with Gasteiger partial charge in [-0.1, -0.05) is 108 Å². The molecule has 0 aliphatic carbocycles. The number of hydrogen-bond acceptors (Lipinski definition) is 9. The zero-order valence-corrected chi connectivity index (χ0v) is 36.9. The second kappa shape index (κ2) is 18.1. The Morgan fingerprint density at radius 3 is 2.15 bits per heavy atom. The van der Waals surface area contributed by atoms with Crippen LogP contribution in [0.15, 0.2) is 88.6 Å². The summed E-state index contributed by atoms with van der Waals surface area (Å²) in [5.41, 5.74) is 0.185. The molecule has 1 heterocycles. The van der Waals surface area contributed by atoms with E-state index in [-0.39, 0.29) is 42.8 Å². The van der Waals surface area contributed by atoms with Crippen molar-refractivity contribution in [3.05, 3.63) is 131 Å². The molecule has 4 aromatic carbocycles. The molecule has 5 aromatic rings. The molecule has 5 rings (SSSR count). The number of nitro benzene ring substituents is 1. The second-order valence-electron chi connectivity index (χ2n) is 15.2. The van der Waals surface area contributed by atoms with Gasteiger partial charge in [-0.05, 0) is 78.1 Å². The molecule has 0 fully saturated rings. The topological polar surface area (TPSA) is 192 Å². The SMILES string of the molecule is CCC(Oc1ccc(C(C)(C)CC)cc1C(C)(C)CC)C(=O)Nc1cccc(C(=O)Nc2[nH]n(-c3c(Cl)cc(Cl)cc3Cl)c(=O)c2OS(=O)(=O)c2cccc([N+](=O)[O-])c2)c1. The molecule has 0 aliphatic heterocycles. The molecule has 14 nitrogen and oxygen atoms in total. The van der Waals surface area contributed by atoms with Crippen molar-refractivity contribution >= 4 is 73.9 Å². The third kappa shape index (κ3) is 9.98. The Labute approximate surface area is 362 Å². The van der Waals surface area contributed by atoms with E-state index in [0.717, 1.165) is 47.4 Å². The van der Waals surface area contributed by atoms with E-state index in [4.69, 9.17) is 43.7 Å².